The van der Waals surface area contributed by atoms with Gasteiger partial charge in [-0.15, -0.1) is 0 Å². The van der Waals surface area contributed by atoms with Gasteiger partial charge in [0.25, 0.3) is 0 Å². The van der Waals surface area contributed by atoms with Crippen LogP contribution in [0.15, 0.2) is 18.2 Å². The van der Waals surface area contributed by atoms with Crippen molar-refractivity contribution in [2.24, 2.45) is 5.92 Å². The third-order valence-corrected chi connectivity index (χ3v) is 7.88. The molecule has 2 aromatic rings. The van der Waals surface area contributed by atoms with E-state index in [1.165, 1.54) is 28.0 Å². The third-order valence-electron chi connectivity index (χ3n) is 5.49. The summed E-state index contributed by atoms with van der Waals surface area (Å²) in [7, 11) is -3.18. The largest absolute Gasteiger partial charge is 0.345 e. The van der Waals surface area contributed by atoms with Crippen molar-refractivity contribution in [3.8, 4) is 0 Å². The number of hydrogen-bond acceptors (Lipinski definition) is 6. The molecule has 10 heteroatoms. The molecule has 0 unspecified atom stereocenters. The normalized spacial score (nSPS) is 20.1. The Hall–Kier alpha value is -1.78. The van der Waals surface area contributed by atoms with Crippen LogP contribution in [0.3, 0.4) is 0 Å². The summed E-state index contributed by atoms with van der Waals surface area (Å²) >= 11 is 1.47. The lowest BCUT2D eigenvalue weighted by Gasteiger charge is -2.38. The summed E-state index contributed by atoms with van der Waals surface area (Å²) in [5.74, 6) is -0.307. The van der Waals surface area contributed by atoms with Crippen LogP contribution >= 0.6 is 11.3 Å². The van der Waals surface area contributed by atoms with E-state index < -0.39 is 10.0 Å². The van der Waals surface area contributed by atoms with E-state index in [9.17, 15) is 17.6 Å². The highest BCUT2D eigenvalue weighted by atomic mass is 32.2. The van der Waals surface area contributed by atoms with Gasteiger partial charge in [0.15, 0.2) is 5.13 Å². The Morgan fingerprint density at radius 1 is 1.14 bits per heavy atom. The number of carbonyl (C=O) groups is 1. The summed E-state index contributed by atoms with van der Waals surface area (Å²) in [5.41, 5.74) is 0.402. The number of hydrogen-bond donors (Lipinski definition) is 0. The number of nitrogens with zero attached hydrogens (tertiary/aromatic N) is 4. The summed E-state index contributed by atoms with van der Waals surface area (Å²) < 4.78 is 39.4. The first-order valence-electron chi connectivity index (χ1n) is 9.37. The van der Waals surface area contributed by atoms with Crippen LogP contribution in [-0.4, -0.2) is 74.0 Å². The number of para-hydroxylation sites is 1. The molecule has 3 heterocycles. The average molecular weight is 427 g/mol. The molecular formula is C18H23FN4O3S2. The molecule has 4 rings (SSSR count). The number of rotatable bonds is 3. The summed E-state index contributed by atoms with van der Waals surface area (Å²) in [6.07, 6.45) is 2.36. The monoisotopic (exact) mass is 426 g/mol. The molecule has 0 N–H and O–H groups in total. The van der Waals surface area contributed by atoms with Crippen LogP contribution < -0.4 is 4.90 Å². The molecule has 0 saturated carbocycles. The summed E-state index contributed by atoms with van der Waals surface area (Å²) in [5, 5.41) is 0.786. The third kappa shape index (κ3) is 3.85. The van der Waals surface area contributed by atoms with Crippen molar-refractivity contribution in [1.29, 1.82) is 0 Å². The fourth-order valence-electron chi connectivity index (χ4n) is 3.85. The first-order valence-corrected chi connectivity index (χ1v) is 12.0. The fraction of sp³-hybridized carbons (Fsp3) is 0.556. The van der Waals surface area contributed by atoms with E-state index in [0.29, 0.717) is 57.6 Å². The molecule has 152 valence electrons. The molecule has 0 aliphatic carbocycles. The maximum absolute atomic E-state index is 13.9. The van der Waals surface area contributed by atoms with Gasteiger partial charge in [0.1, 0.15) is 11.3 Å². The SMILES string of the molecule is CS(=O)(=O)N1CCC(C(=O)N2CCN(c3nc4c(F)cccc4s3)CC2)CC1. The molecule has 0 atom stereocenters. The number of aromatic nitrogens is 1. The van der Waals surface area contributed by atoms with Gasteiger partial charge in [0.2, 0.25) is 15.9 Å². The van der Waals surface area contributed by atoms with E-state index in [0.717, 1.165) is 9.83 Å². The molecule has 0 spiro atoms. The van der Waals surface area contributed by atoms with Crippen LogP contribution in [0.25, 0.3) is 10.2 Å². The van der Waals surface area contributed by atoms with Crippen molar-refractivity contribution in [2.75, 3.05) is 50.4 Å². The standard InChI is InChI=1S/C18H23FN4O3S2/c1-28(25,26)23-7-5-13(6-8-23)17(24)21-9-11-22(12-10-21)18-20-16-14(19)3-2-4-15(16)27-18/h2-4,13H,5-12H2,1H3. The lowest BCUT2D eigenvalue weighted by atomic mass is 9.96. The number of carbonyl (C=O) groups excluding carboxylic acids is 1. The number of halogens is 1. The number of sulfonamides is 1. The van der Waals surface area contributed by atoms with Gasteiger partial charge in [0, 0.05) is 45.2 Å². The van der Waals surface area contributed by atoms with Gasteiger partial charge in [-0.1, -0.05) is 17.4 Å². The van der Waals surface area contributed by atoms with Gasteiger partial charge in [-0.25, -0.2) is 22.1 Å². The van der Waals surface area contributed by atoms with Crippen molar-refractivity contribution in [2.45, 2.75) is 12.8 Å². The minimum Gasteiger partial charge on any atom is -0.345 e. The molecule has 28 heavy (non-hydrogen) atoms. The van der Waals surface area contributed by atoms with E-state index >= 15 is 0 Å². The van der Waals surface area contributed by atoms with Crippen molar-refractivity contribution >= 4 is 42.6 Å². The lowest BCUT2D eigenvalue weighted by Crippen LogP contribution is -2.52. The highest BCUT2D eigenvalue weighted by molar-refractivity contribution is 7.88. The van der Waals surface area contributed by atoms with Crippen molar-refractivity contribution < 1.29 is 17.6 Å². The van der Waals surface area contributed by atoms with Crippen LogP contribution in [-0.2, 0) is 14.8 Å². The first-order chi connectivity index (χ1) is 13.3. The molecule has 2 aliphatic rings. The Morgan fingerprint density at radius 2 is 1.82 bits per heavy atom. The zero-order valence-corrected chi connectivity index (χ0v) is 17.3. The summed E-state index contributed by atoms with van der Waals surface area (Å²) in [4.78, 5) is 21.2. The number of anilines is 1. The Labute approximate surface area is 167 Å². The second-order valence-corrected chi connectivity index (χ2v) is 10.3. The van der Waals surface area contributed by atoms with E-state index in [2.05, 4.69) is 9.88 Å². The van der Waals surface area contributed by atoms with Gasteiger partial charge in [0.05, 0.1) is 11.0 Å². The zero-order chi connectivity index (χ0) is 19.9. The average Bonchev–Trinajstić information content (AvgIpc) is 3.13. The summed E-state index contributed by atoms with van der Waals surface area (Å²) in [6, 6.07) is 4.96. The quantitative estimate of drug-likeness (QED) is 0.748. The van der Waals surface area contributed by atoms with Gasteiger partial charge in [-0.05, 0) is 25.0 Å². The van der Waals surface area contributed by atoms with Crippen LogP contribution in [0.5, 0.6) is 0 Å². The van der Waals surface area contributed by atoms with Crippen LogP contribution in [0.1, 0.15) is 12.8 Å². The number of amides is 1. The Morgan fingerprint density at radius 3 is 2.43 bits per heavy atom. The minimum atomic E-state index is -3.18. The molecular weight excluding hydrogens is 403 g/mol. The Balaban J connectivity index is 1.35. The van der Waals surface area contributed by atoms with Crippen molar-refractivity contribution in [1.82, 2.24) is 14.2 Å². The molecule has 0 bridgehead atoms. The summed E-state index contributed by atoms with van der Waals surface area (Å²) in [6.45, 7) is 3.34. The Kier molecular flexibility index (Phi) is 5.28. The van der Waals surface area contributed by atoms with Crippen LogP contribution in [0, 0.1) is 11.7 Å². The highest BCUT2D eigenvalue weighted by Crippen LogP contribution is 2.31. The molecule has 2 aliphatic heterocycles. The predicted molar refractivity (Wildman–Crippen MR) is 108 cm³/mol. The second kappa shape index (κ2) is 7.57. The van der Waals surface area contributed by atoms with Crippen molar-refractivity contribution in [3.63, 3.8) is 0 Å². The number of benzene rings is 1. The zero-order valence-electron chi connectivity index (χ0n) is 15.7. The molecule has 2 saturated heterocycles. The number of fused-ring (bicyclic) bond motifs is 1. The topological polar surface area (TPSA) is 73.8 Å². The van der Waals surface area contributed by atoms with Gasteiger partial charge in [-0.3, -0.25) is 4.79 Å². The van der Waals surface area contributed by atoms with E-state index in [1.54, 1.807) is 6.07 Å². The minimum absolute atomic E-state index is 0.110. The molecule has 7 nitrogen and oxygen atoms in total. The molecule has 1 aromatic carbocycles. The second-order valence-electron chi connectivity index (χ2n) is 7.33. The van der Waals surface area contributed by atoms with Crippen LogP contribution in [0.2, 0.25) is 0 Å². The molecule has 1 aromatic heterocycles. The maximum atomic E-state index is 13.9. The smallest absolute Gasteiger partial charge is 0.225 e. The van der Waals surface area contributed by atoms with E-state index in [1.807, 2.05) is 11.0 Å². The number of piperazine rings is 1. The predicted octanol–water partition coefficient (Wildman–Crippen LogP) is 1.76. The van der Waals surface area contributed by atoms with E-state index in [-0.39, 0.29) is 17.6 Å². The van der Waals surface area contributed by atoms with Gasteiger partial charge < -0.3 is 9.80 Å². The molecule has 1 amide bonds. The molecule has 2 fully saturated rings. The van der Waals surface area contributed by atoms with Crippen LogP contribution in [0.4, 0.5) is 9.52 Å². The number of thiazole rings is 1. The van der Waals surface area contributed by atoms with Crippen molar-refractivity contribution in [3.05, 3.63) is 24.0 Å². The van der Waals surface area contributed by atoms with Gasteiger partial charge in [-0.2, -0.15) is 0 Å². The maximum Gasteiger partial charge on any atom is 0.225 e. The lowest BCUT2D eigenvalue weighted by molar-refractivity contribution is -0.137. The number of piperidine rings is 1. The fourth-order valence-corrected chi connectivity index (χ4v) is 5.76. The Bertz CT molecular complexity index is 978. The highest BCUT2D eigenvalue weighted by Gasteiger charge is 2.33. The van der Waals surface area contributed by atoms with E-state index in [4.69, 9.17) is 0 Å². The van der Waals surface area contributed by atoms with Gasteiger partial charge >= 0.3 is 0 Å². The molecule has 0 radical (unpaired) electrons. The first kappa shape index (κ1) is 19.5.